The van der Waals surface area contributed by atoms with E-state index >= 15 is 0 Å². The number of halogens is 2. The van der Waals surface area contributed by atoms with Crippen LogP contribution in [0.5, 0.6) is 5.75 Å². The second kappa shape index (κ2) is 9.24. The molecule has 0 radical (unpaired) electrons. The van der Waals surface area contributed by atoms with Crippen molar-refractivity contribution in [3.8, 4) is 28.3 Å². The summed E-state index contributed by atoms with van der Waals surface area (Å²) in [5, 5.41) is 14.3. The third-order valence-electron chi connectivity index (χ3n) is 4.96. The topological polar surface area (TPSA) is 64.3 Å². The van der Waals surface area contributed by atoms with Crippen molar-refractivity contribution in [2.75, 3.05) is 6.61 Å². The highest BCUT2D eigenvalue weighted by atomic mass is 35.5. The highest BCUT2D eigenvalue weighted by Crippen LogP contribution is 2.36. The van der Waals surface area contributed by atoms with E-state index < -0.39 is 12.6 Å². The molecule has 0 aliphatic rings. The van der Waals surface area contributed by atoms with E-state index in [1.54, 1.807) is 22.9 Å². The van der Waals surface area contributed by atoms with Crippen LogP contribution >= 0.6 is 11.6 Å². The standard InChI is InChI=1S/C25H20ClFN2O3/c1-16-10-24(32-15-25(30)31)20(12-21(16)26)22-13-23(18-8-5-9-19(27)11-18)29(28-22)14-17-6-3-2-4-7-17/h2-13H,14-15H2,1H3,(H,30,31). The zero-order valence-corrected chi connectivity index (χ0v) is 18.0. The van der Waals surface area contributed by atoms with Gasteiger partial charge >= 0.3 is 5.97 Å². The molecular weight excluding hydrogens is 431 g/mol. The maximum absolute atomic E-state index is 14.0. The number of aryl methyl sites for hydroxylation is 1. The van der Waals surface area contributed by atoms with Gasteiger partial charge in [-0.1, -0.05) is 54.1 Å². The van der Waals surface area contributed by atoms with Gasteiger partial charge in [-0.05, 0) is 48.4 Å². The van der Waals surface area contributed by atoms with Crippen LogP contribution in [0.3, 0.4) is 0 Å². The Bertz CT molecular complexity index is 1270. The fraction of sp³-hybridized carbons (Fsp3) is 0.120. The van der Waals surface area contributed by atoms with Crippen LogP contribution in [0.15, 0.2) is 72.8 Å². The molecule has 1 aromatic heterocycles. The van der Waals surface area contributed by atoms with Gasteiger partial charge in [0.15, 0.2) is 6.61 Å². The smallest absolute Gasteiger partial charge is 0.341 e. The van der Waals surface area contributed by atoms with Crippen LogP contribution in [0.1, 0.15) is 11.1 Å². The van der Waals surface area contributed by atoms with E-state index in [0.29, 0.717) is 39.8 Å². The van der Waals surface area contributed by atoms with E-state index in [2.05, 4.69) is 0 Å². The Morgan fingerprint density at radius 1 is 1.09 bits per heavy atom. The van der Waals surface area contributed by atoms with Crippen molar-refractivity contribution in [1.29, 1.82) is 0 Å². The van der Waals surface area contributed by atoms with Gasteiger partial charge in [0, 0.05) is 16.1 Å². The van der Waals surface area contributed by atoms with Crippen LogP contribution in [0.2, 0.25) is 5.02 Å². The van der Waals surface area contributed by atoms with Crippen molar-refractivity contribution in [2.45, 2.75) is 13.5 Å². The molecule has 1 N–H and O–H groups in total. The number of carbonyl (C=O) groups is 1. The Hall–Kier alpha value is -3.64. The lowest BCUT2D eigenvalue weighted by Gasteiger charge is -2.11. The van der Waals surface area contributed by atoms with Crippen LogP contribution < -0.4 is 4.74 Å². The molecule has 4 rings (SSSR count). The minimum Gasteiger partial charge on any atom is -0.481 e. The van der Waals surface area contributed by atoms with E-state index in [0.717, 1.165) is 11.1 Å². The maximum atomic E-state index is 14.0. The summed E-state index contributed by atoms with van der Waals surface area (Å²) in [6.45, 7) is 1.79. The Morgan fingerprint density at radius 3 is 2.59 bits per heavy atom. The minimum atomic E-state index is -1.08. The SMILES string of the molecule is Cc1cc(OCC(=O)O)c(-c2cc(-c3cccc(F)c3)n(Cc3ccccc3)n2)cc1Cl. The molecule has 1 heterocycles. The Balaban J connectivity index is 1.84. The number of carboxylic acid groups (broad SMARTS) is 1. The van der Waals surface area contributed by atoms with Gasteiger partial charge in [0.25, 0.3) is 0 Å². The molecule has 32 heavy (non-hydrogen) atoms. The third kappa shape index (κ3) is 4.81. The van der Waals surface area contributed by atoms with Gasteiger partial charge in [-0.15, -0.1) is 0 Å². The Morgan fingerprint density at radius 2 is 1.88 bits per heavy atom. The molecule has 0 aliphatic heterocycles. The molecule has 0 bridgehead atoms. The number of benzene rings is 3. The minimum absolute atomic E-state index is 0.347. The lowest BCUT2D eigenvalue weighted by atomic mass is 10.1. The van der Waals surface area contributed by atoms with Crippen molar-refractivity contribution in [3.63, 3.8) is 0 Å². The van der Waals surface area contributed by atoms with Gasteiger partial charge in [-0.3, -0.25) is 4.68 Å². The van der Waals surface area contributed by atoms with Gasteiger partial charge in [0.2, 0.25) is 0 Å². The molecule has 162 valence electrons. The molecule has 0 unspecified atom stereocenters. The second-order valence-electron chi connectivity index (χ2n) is 7.35. The van der Waals surface area contributed by atoms with E-state index in [1.807, 2.05) is 49.4 Å². The molecule has 3 aromatic carbocycles. The van der Waals surface area contributed by atoms with Crippen LogP contribution in [0.4, 0.5) is 4.39 Å². The number of hydrogen-bond acceptors (Lipinski definition) is 3. The molecule has 5 nitrogen and oxygen atoms in total. The summed E-state index contributed by atoms with van der Waals surface area (Å²) in [5.74, 6) is -1.07. The lowest BCUT2D eigenvalue weighted by Crippen LogP contribution is -2.10. The Labute approximate surface area is 189 Å². The summed E-state index contributed by atoms with van der Waals surface area (Å²) in [4.78, 5) is 11.0. The van der Waals surface area contributed by atoms with Crippen molar-refractivity contribution in [1.82, 2.24) is 9.78 Å². The van der Waals surface area contributed by atoms with Gasteiger partial charge < -0.3 is 9.84 Å². The fourth-order valence-corrected chi connectivity index (χ4v) is 3.58. The van der Waals surface area contributed by atoms with Crippen LogP contribution in [0, 0.1) is 12.7 Å². The highest BCUT2D eigenvalue weighted by molar-refractivity contribution is 6.31. The summed E-state index contributed by atoms with van der Waals surface area (Å²) < 4.78 is 21.3. The normalized spacial score (nSPS) is 10.8. The molecule has 0 saturated heterocycles. The molecule has 0 spiro atoms. The average molecular weight is 451 g/mol. The summed E-state index contributed by atoms with van der Waals surface area (Å²) in [6.07, 6.45) is 0. The Kier molecular flexibility index (Phi) is 6.23. The number of ether oxygens (including phenoxy) is 1. The first-order valence-corrected chi connectivity index (χ1v) is 10.3. The van der Waals surface area contributed by atoms with E-state index in [4.69, 9.17) is 26.5 Å². The molecule has 7 heteroatoms. The zero-order chi connectivity index (χ0) is 22.7. The molecule has 0 amide bonds. The average Bonchev–Trinajstić information content (AvgIpc) is 3.18. The number of aromatic nitrogens is 2. The monoisotopic (exact) mass is 450 g/mol. The first-order chi connectivity index (χ1) is 15.4. The molecule has 0 aliphatic carbocycles. The zero-order valence-electron chi connectivity index (χ0n) is 17.3. The molecule has 0 fully saturated rings. The van der Waals surface area contributed by atoms with Gasteiger partial charge in [-0.25, -0.2) is 9.18 Å². The summed E-state index contributed by atoms with van der Waals surface area (Å²) in [7, 11) is 0. The predicted octanol–water partition coefficient (Wildman–Crippen LogP) is 5.83. The van der Waals surface area contributed by atoms with Crippen molar-refractivity contribution < 1.29 is 19.0 Å². The number of hydrogen-bond donors (Lipinski definition) is 1. The van der Waals surface area contributed by atoms with E-state index in [9.17, 15) is 9.18 Å². The van der Waals surface area contributed by atoms with Gasteiger partial charge in [-0.2, -0.15) is 5.10 Å². The first-order valence-electron chi connectivity index (χ1n) is 9.93. The van der Waals surface area contributed by atoms with Crippen molar-refractivity contribution in [2.24, 2.45) is 0 Å². The van der Waals surface area contributed by atoms with Gasteiger partial charge in [0.05, 0.1) is 17.9 Å². The maximum Gasteiger partial charge on any atom is 0.341 e. The molecule has 4 aromatic rings. The fourth-order valence-electron chi connectivity index (χ4n) is 3.42. The summed E-state index contributed by atoms with van der Waals surface area (Å²) in [5.41, 5.74) is 4.28. The number of nitrogens with zero attached hydrogens (tertiary/aromatic N) is 2. The van der Waals surface area contributed by atoms with Crippen molar-refractivity contribution in [3.05, 3.63) is 94.8 Å². The van der Waals surface area contributed by atoms with Gasteiger partial charge in [0.1, 0.15) is 11.6 Å². The van der Waals surface area contributed by atoms with E-state index in [1.165, 1.54) is 12.1 Å². The van der Waals surface area contributed by atoms with Crippen LogP contribution in [-0.4, -0.2) is 27.5 Å². The second-order valence-corrected chi connectivity index (χ2v) is 7.76. The quantitative estimate of drug-likeness (QED) is 0.384. The number of aliphatic carboxylic acids is 1. The first kappa shape index (κ1) is 21.6. The number of carboxylic acids is 1. The molecular formula is C25H20ClFN2O3. The van der Waals surface area contributed by atoms with Crippen LogP contribution in [0.25, 0.3) is 22.5 Å². The summed E-state index contributed by atoms with van der Waals surface area (Å²) in [6, 6.07) is 21.3. The highest BCUT2D eigenvalue weighted by Gasteiger charge is 2.18. The lowest BCUT2D eigenvalue weighted by molar-refractivity contribution is -0.139. The number of rotatable bonds is 7. The van der Waals surface area contributed by atoms with E-state index in [-0.39, 0.29) is 5.82 Å². The largest absolute Gasteiger partial charge is 0.481 e. The van der Waals surface area contributed by atoms with Crippen molar-refractivity contribution >= 4 is 17.6 Å². The molecule has 0 atom stereocenters. The summed E-state index contributed by atoms with van der Waals surface area (Å²) >= 11 is 6.36. The van der Waals surface area contributed by atoms with Crippen LogP contribution in [-0.2, 0) is 11.3 Å². The molecule has 0 saturated carbocycles. The predicted molar refractivity (Wildman–Crippen MR) is 121 cm³/mol. The third-order valence-corrected chi connectivity index (χ3v) is 5.37.